The number of carbonyl (C=O) groups excluding carboxylic acids is 1. The molecule has 0 fully saturated rings. The zero-order chi connectivity index (χ0) is 13.9. The van der Waals surface area contributed by atoms with Crippen molar-refractivity contribution in [1.29, 1.82) is 0 Å². The lowest BCUT2D eigenvalue weighted by Gasteiger charge is -2.21. The lowest BCUT2D eigenvalue weighted by molar-refractivity contribution is 0.102. The highest BCUT2D eigenvalue weighted by Crippen LogP contribution is 2.36. The third kappa shape index (κ3) is 2.42. The number of hydrogen-bond acceptors (Lipinski definition) is 4. The number of aryl methyl sites for hydroxylation is 1. The van der Waals surface area contributed by atoms with Crippen LogP contribution >= 0.6 is 0 Å². The van der Waals surface area contributed by atoms with Crippen molar-refractivity contribution < 1.29 is 14.3 Å². The third-order valence-corrected chi connectivity index (χ3v) is 3.01. The molecule has 3 rings (SSSR count). The van der Waals surface area contributed by atoms with Crippen molar-refractivity contribution in [2.45, 2.75) is 6.92 Å². The fraction of sp³-hybridized carbons (Fsp3) is 0.200. The van der Waals surface area contributed by atoms with E-state index in [9.17, 15) is 4.79 Å². The van der Waals surface area contributed by atoms with E-state index in [1.54, 1.807) is 24.4 Å². The number of carbonyl (C=O) groups is 1. The maximum atomic E-state index is 12.1. The Balaban J connectivity index is 1.85. The minimum Gasteiger partial charge on any atom is -0.486 e. The first-order chi connectivity index (χ1) is 9.74. The summed E-state index contributed by atoms with van der Waals surface area (Å²) in [6.07, 6.45) is 3.16. The van der Waals surface area contributed by atoms with Crippen LogP contribution in [0.3, 0.4) is 0 Å². The number of amides is 1. The Morgan fingerprint density at radius 3 is 2.95 bits per heavy atom. The van der Waals surface area contributed by atoms with Crippen LogP contribution in [0.1, 0.15) is 15.9 Å². The second-order valence-electron chi connectivity index (χ2n) is 4.51. The Labute approximate surface area is 116 Å². The summed E-state index contributed by atoms with van der Waals surface area (Å²) < 4.78 is 11.1. The first kappa shape index (κ1) is 12.5. The molecule has 5 heteroatoms. The molecule has 1 aliphatic rings. The second-order valence-corrected chi connectivity index (χ2v) is 4.51. The van der Waals surface area contributed by atoms with Crippen LogP contribution in [0.25, 0.3) is 0 Å². The summed E-state index contributed by atoms with van der Waals surface area (Å²) in [5.74, 6) is 1.21. The molecule has 20 heavy (non-hydrogen) atoms. The molecule has 0 spiro atoms. The van der Waals surface area contributed by atoms with E-state index in [0.717, 1.165) is 11.3 Å². The molecule has 2 heterocycles. The van der Waals surface area contributed by atoms with E-state index in [2.05, 4.69) is 10.3 Å². The van der Waals surface area contributed by atoms with Crippen molar-refractivity contribution >= 4 is 11.6 Å². The molecule has 0 bridgehead atoms. The number of ether oxygens (including phenoxy) is 2. The molecule has 2 aromatic rings. The molecule has 1 aromatic heterocycles. The molecule has 102 valence electrons. The Morgan fingerprint density at radius 1 is 1.30 bits per heavy atom. The zero-order valence-corrected chi connectivity index (χ0v) is 11.1. The van der Waals surface area contributed by atoms with Gasteiger partial charge in [-0.05, 0) is 30.7 Å². The first-order valence-electron chi connectivity index (χ1n) is 6.35. The Bertz CT molecular complexity index is 641. The number of nitrogens with zero attached hydrogens (tertiary/aromatic N) is 1. The van der Waals surface area contributed by atoms with Crippen LogP contribution in [0.2, 0.25) is 0 Å². The zero-order valence-electron chi connectivity index (χ0n) is 11.1. The summed E-state index contributed by atoms with van der Waals surface area (Å²) in [6, 6.07) is 7.08. The van der Waals surface area contributed by atoms with Gasteiger partial charge in [-0.2, -0.15) is 0 Å². The molecular formula is C15H14N2O3. The highest BCUT2D eigenvalue weighted by molar-refractivity contribution is 6.04. The Morgan fingerprint density at radius 2 is 2.15 bits per heavy atom. The van der Waals surface area contributed by atoms with Gasteiger partial charge in [-0.25, -0.2) is 0 Å². The minimum atomic E-state index is -0.200. The molecule has 0 saturated carbocycles. The lowest BCUT2D eigenvalue weighted by atomic mass is 10.1. The molecule has 0 aliphatic carbocycles. The maximum absolute atomic E-state index is 12.1. The number of pyridine rings is 1. The predicted octanol–water partition coefficient (Wildman–Crippen LogP) is 2.41. The lowest BCUT2D eigenvalue weighted by Crippen LogP contribution is -2.17. The van der Waals surface area contributed by atoms with Crippen LogP contribution in [-0.2, 0) is 0 Å². The summed E-state index contributed by atoms with van der Waals surface area (Å²) in [6.45, 7) is 2.99. The van der Waals surface area contributed by atoms with E-state index in [4.69, 9.17) is 9.47 Å². The summed E-state index contributed by atoms with van der Waals surface area (Å²) >= 11 is 0. The number of nitrogens with one attached hydrogen (secondary N) is 1. The molecule has 5 nitrogen and oxygen atoms in total. The van der Waals surface area contributed by atoms with Crippen LogP contribution in [-0.4, -0.2) is 24.1 Å². The number of fused-ring (bicyclic) bond motifs is 1. The third-order valence-electron chi connectivity index (χ3n) is 3.01. The maximum Gasteiger partial charge on any atom is 0.257 e. The van der Waals surface area contributed by atoms with Gasteiger partial charge in [0.1, 0.15) is 13.2 Å². The molecular weight excluding hydrogens is 256 g/mol. The fourth-order valence-electron chi connectivity index (χ4n) is 2.10. The van der Waals surface area contributed by atoms with Gasteiger partial charge in [-0.15, -0.1) is 0 Å². The van der Waals surface area contributed by atoms with Crippen LogP contribution in [0.15, 0.2) is 36.7 Å². The second kappa shape index (κ2) is 5.21. The molecule has 1 aromatic carbocycles. The predicted molar refractivity (Wildman–Crippen MR) is 74.4 cm³/mol. The van der Waals surface area contributed by atoms with E-state index in [1.807, 2.05) is 13.0 Å². The van der Waals surface area contributed by atoms with Crippen LogP contribution in [0.4, 0.5) is 5.69 Å². The van der Waals surface area contributed by atoms with Gasteiger partial charge in [0.05, 0.1) is 5.56 Å². The number of benzene rings is 1. The molecule has 1 N–H and O–H groups in total. The SMILES string of the molecule is Cc1cc(NC(=O)c2cccnc2)cc2c1OCCO2. The van der Waals surface area contributed by atoms with Gasteiger partial charge >= 0.3 is 0 Å². The van der Waals surface area contributed by atoms with Gasteiger partial charge in [0.25, 0.3) is 5.91 Å². The number of aromatic nitrogens is 1. The quantitative estimate of drug-likeness (QED) is 0.910. The van der Waals surface area contributed by atoms with E-state index in [-0.39, 0.29) is 5.91 Å². The smallest absolute Gasteiger partial charge is 0.257 e. The molecule has 0 unspecified atom stereocenters. The topological polar surface area (TPSA) is 60.5 Å². The number of hydrogen-bond donors (Lipinski definition) is 1. The van der Waals surface area contributed by atoms with E-state index in [0.29, 0.717) is 30.2 Å². The Hall–Kier alpha value is -2.56. The average molecular weight is 270 g/mol. The molecule has 0 saturated heterocycles. The van der Waals surface area contributed by atoms with Crippen molar-refractivity contribution in [1.82, 2.24) is 4.98 Å². The van der Waals surface area contributed by atoms with Crippen molar-refractivity contribution in [2.75, 3.05) is 18.5 Å². The minimum absolute atomic E-state index is 0.200. The van der Waals surface area contributed by atoms with Gasteiger partial charge in [0.15, 0.2) is 11.5 Å². The van der Waals surface area contributed by atoms with E-state index in [1.165, 1.54) is 6.20 Å². The van der Waals surface area contributed by atoms with Crippen molar-refractivity contribution in [3.05, 3.63) is 47.8 Å². The monoisotopic (exact) mass is 270 g/mol. The Kier molecular flexibility index (Phi) is 3.25. The van der Waals surface area contributed by atoms with Crippen molar-refractivity contribution in [3.8, 4) is 11.5 Å². The summed E-state index contributed by atoms with van der Waals surface area (Å²) in [5, 5.41) is 2.83. The highest BCUT2D eigenvalue weighted by Gasteiger charge is 2.16. The van der Waals surface area contributed by atoms with Gasteiger partial charge in [-0.3, -0.25) is 9.78 Å². The first-order valence-corrected chi connectivity index (χ1v) is 6.35. The van der Waals surface area contributed by atoms with Crippen LogP contribution < -0.4 is 14.8 Å². The van der Waals surface area contributed by atoms with E-state index < -0.39 is 0 Å². The average Bonchev–Trinajstić information content (AvgIpc) is 2.48. The summed E-state index contributed by atoms with van der Waals surface area (Å²) in [4.78, 5) is 16.0. The largest absolute Gasteiger partial charge is 0.486 e. The van der Waals surface area contributed by atoms with Gasteiger partial charge < -0.3 is 14.8 Å². The summed E-state index contributed by atoms with van der Waals surface area (Å²) in [7, 11) is 0. The van der Waals surface area contributed by atoms with Crippen molar-refractivity contribution in [3.63, 3.8) is 0 Å². The van der Waals surface area contributed by atoms with Crippen LogP contribution in [0, 0.1) is 6.92 Å². The van der Waals surface area contributed by atoms with Gasteiger partial charge in [0, 0.05) is 24.1 Å². The normalized spacial score (nSPS) is 12.8. The molecule has 0 radical (unpaired) electrons. The summed E-state index contributed by atoms with van der Waals surface area (Å²) in [5.41, 5.74) is 2.13. The number of anilines is 1. The van der Waals surface area contributed by atoms with Crippen LogP contribution in [0.5, 0.6) is 11.5 Å². The number of rotatable bonds is 2. The van der Waals surface area contributed by atoms with Gasteiger partial charge in [-0.1, -0.05) is 0 Å². The molecule has 0 atom stereocenters. The standard InChI is InChI=1S/C15H14N2O3/c1-10-7-12(8-13-14(10)20-6-5-19-13)17-15(18)11-3-2-4-16-9-11/h2-4,7-9H,5-6H2,1H3,(H,17,18). The molecule has 1 aliphatic heterocycles. The highest BCUT2D eigenvalue weighted by atomic mass is 16.6. The fourth-order valence-corrected chi connectivity index (χ4v) is 2.10. The van der Waals surface area contributed by atoms with Crippen molar-refractivity contribution in [2.24, 2.45) is 0 Å². The van der Waals surface area contributed by atoms with Gasteiger partial charge in [0.2, 0.25) is 0 Å². The molecule has 1 amide bonds. The van der Waals surface area contributed by atoms with E-state index >= 15 is 0 Å².